The lowest BCUT2D eigenvalue weighted by Crippen LogP contribution is -2.47. The average molecular weight is 375 g/mol. The molecule has 0 saturated carbocycles. The predicted molar refractivity (Wildman–Crippen MR) is 92.4 cm³/mol. The minimum absolute atomic E-state index is 0.0126. The maximum Gasteiger partial charge on any atom is 0.305 e. The molecule has 1 fully saturated rings. The Kier molecular flexibility index (Phi) is 5.81. The molecular weight excluding hydrogens is 354 g/mol. The third-order valence-corrected chi connectivity index (χ3v) is 6.77. The highest BCUT2D eigenvalue weighted by molar-refractivity contribution is 7.92. The van der Waals surface area contributed by atoms with E-state index in [9.17, 15) is 23.3 Å². The quantitative estimate of drug-likeness (QED) is 0.601. The zero-order valence-corrected chi connectivity index (χ0v) is 15.3. The maximum absolute atomic E-state index is 11.8. The van der Waals surface area contributed by atoms with Crippen LogP contribution in [0.5, 0.6) is 0 Å². The Balaban J connectivity index is 2.22. The maximum atomic E-state index is 11.8. The molecule has 0 radical (unpaired) electrons. The lowest BCUT2D eigenvalue weighted by Gasteiger charge is -2.33. The zero-order valence-electron chi connectivity index (χ0n) is 13.6. The molecule has 2 heterocycles. The molecule has 0 aromatic carbocycles. The van der Waals surface area contributed by atoms with Crippen molar-refractivity contribution in [1.29, 1.82) is 0 Å². The van der Waals surface area contributed by atoms with Gasteiger partial charge in [-0.25, -0.2) is 8.42 Å². The molecule has 1 N–H and O–H groups in total. The monoisotopic (exact) mass is 375 g/mol. The fraction of sp³-hybridized carbons (Fsp3) is 0.643. The fourth-order valence-electron chi connectivity index (χ4n) is 2.70. The Bertz CT molecular complexity index is 729. The number of nitro groups is 1. The van der Waals surface area contributed by atoms with Crippen molar-refractivity contribution in [3.8, 4) is 0 Å². The average Bonchev–Trinajstić information content (AvgIpc) is 2.93. The van der Waals surface area contributed by atoms with Crippen LogP contribution in [0, 0.1) is 10.1 Å². The number of piperidine rings is 1. The Labute approximate surface area is 144 Å². The van der Waals surface area contributed by atoms with E-state index in [0.717, 1.165) is 42.9 Å². The Morgan fingerprint density at radius 3 is 2.83 bits per heavy atom. The fourth-order valence-corrected chi connectivity index (χ4v) is 4.76. The first-order chi connectivity index (χ1) is 11.2. The van der Waals surface area contributed by atoms with E-state index in [0.29, 0.717) is 24.5 Å². The molecule has 0 bridgehead atoms. The van der Waals surface area contributed by atoms with Gasteiger partial charge in [-0.1, -0.05) is 18.3 Å². The van der Waals surface area contributed by atoms with Crippen molar-refractivity contribution in [2.45, 2.75) is 42.9 Å². The van der Waals surface area contributed by atoms with Crippen LogP contribution in [0.15, 0.2) is 10.3 Å². The van der Waals surface area contributed by atoms with E-state index in [2.05, 4.69) is 5.32 Å². The van der Waals surface area contributed by atoms with Crippen molar-refractivity contribution in [3.05, 3.63) is 16.2 Å². The summed E-state index contributed by atoms with van der Waals surface area (Å²) in [7, 11) is -3.50. The van der Waals surface area contributed by atoms with Gasteiger partial charge in [-0.15, -0.1) is 0 Å². The molecule has 1 amide bonds. The summed E-state index contributed by atoms with van der Waals surface area (Å²) >= 11 is 0.916. The van der Waals surface area contributed by atoms with Gasteiger partial charge in [0.25, 0.3) is 0 Å². The highest BCUT2D eigenvalue weighted by Gasteiger charge is 2.30. The first-order valence-corrected chi connectivity index (χ1v) is 10.5. The summed E-state index contributed by atoms with van der Waals surface area (Å²) < 4.78 is 23.4. The lowest BCUT2D eigenvalue weighted by atomic mass is 10.1. The number of thiophene rings is 1. The second-order valence-corrected chi connectivity index (χ2v) is 9.16. The minimum Gasteiger partial charge on any atom is -0.356 e. The predicted octanol–water partition coefficient (Wildman–Crippen LogP) is 1.94. The van der Waals surface area contributed by atoms with Gasteiger partial charge < -0.3 is 10.2 Å². The topological polar surface area (TPSA) is 110 Å². The lowest BCUT2D eigenvalue weighted by molar-refractivity contribution is -0.383. The largest absolute Gasteiger partial charge is 0.356 e. The number of anilines is 1. The molecule has 1 saturated heterocycles. The summed E-state index contributed by atoms with van der Waals surface area (Å²) in [6.07, 6.45) is 3.84. The van der Waals surface area contributed by atoms with Gasteiger partial charge >= 0.3 is 5.69 Å². The van der Waals surface area contributed by atoms with Gasteiger partial charge in [0, 0.05) is 37.9 Å². The summed E-state index contributed by atoms with van der Waals surface area (Å²) in [6.45, 7) is 2.97. The van der Waals surface area contributed by atoms with Crippen LogP contribution in [0.1, 0.15) is 32.6 Å². The third kappa shape index (κ3) is 4.44. The number of rotatable bonds is 6. The molecule has 10 heteroatoms. The van der Waals surface area contributed by atoms with Crippen molar-refractivity contribution in [2.24, 2.45) is 0 Å². The van der Waals surface area contributed by atoms with E-state index in [1.165, 1.54) is 0 Å². The number of hydrogen-bond acceptors (Lipinski definition) is 7. The van der Waals surface area contributed by atoms with Gasteiger partial charge in [-0.05, 0) is 19.3 Å². The van der Waals surface area contributed by atoms with E-state index in [1.807, 2.05) is 6.92 Å². The zero-order chi connectivity index (χ0) is 17.9. The van der Waals surface area contributed by atoms with Gasteiger partial charge in [0.15, 0.2) is 14.8 Å². The number of nitrogens with one attached hydrogen (secondary N) is 1. The van der Waals surface area contributed by atoms with Crippen LogP contribution in [0.2, 0.25) is 0 Å². The molecule has 8 nitrogen and oxygen atoms in total. The molecule has 2 rings (SSSR count). The number of nitrogens with zero attached hydrogens (tertiary/aromatic N) is 2. The van der Waals surface area contributed by atoms with E-state index in [-0.39, 0.29) is 21.8 Å². The Morgan fingerprint density at radius 2 is 2.25 bits per heavy atom. The van der Waals surface area contributed by atoms with Crippen molar-refractivity contribution in [3.63, 3.8) is 0 Å². The second-order valence-electron chi connectivity index (χ2n) is 5.89. The van der Waals surface area contributed by atoms with Gasteiger partial charge in [0.05, 0.1) is 4.92 Å². The summed E-state index contributed by atoms with van der Waals surface area (Å²) in [6, 6.07) is 1.04. The van der Waals surface area contributed by atoms with Gasteiger partial charge in [-0.3, -0.25) is 14.9 Å². The molecular formula is C14H21N3O5S2. The van der Waals surface area contributed by atoms with Crippen LogP contribution >= 0.6 is 11.3 Å². The highest BCUT2D eigenvalue weighted by atomic mass is 32.2. The smallest absolute Gasteiger partial charge is 0.305 e. The van der Waals surface area contributed by atoms with Crippen LogP contribution in [-0.4, -0.2) is 44.6 Å². The highest BCUT2D eigenvalue weighted by Crippen LogP contribution is 2.40. The van der Waals surface area contributed by atoms with Crippen molar-refractivity contribution in [1.82, 2.24) is 5.32 Å². The SMILES string of the molecule is CCCC(=O)NC1CCCN(c2sc(S(C)(=O)=O)cc2[N+](=O)[O-])C1. The molecule has 1 aromatic rings. The Morgan fingerprint density at radius 1 is 1.54 bits per heavy atom. The van der Waals surface area contributed by atoms with Crippen LogP contribution in [0.4, 0.5) is 10.7 Å². The summed E-state index contributed by atoms with van der Waals surface area (Å²) in [4.78, 5) is 24.3. The number of carbonyl (C=O) groups excluding carboxylic acids is 1. The van der Waals surface area contributed by atoms with E-state index >= 15 is 0 Å². The Hall–Kier alpha value is -1.68. The number of hydrogen-bond donors (Lipinski definition) is 1. The normalized spacial score (nSPS) is 18.4. The summed E-state index contributed by atoms with van der Waals surface area (Å²) in [5, 5.41) is 14.6. The van der Waals surface area contributed by atoms with Gasteiger partial charge in [0.1, 0.15) is 4.21 Å². The van der Waals surface area contributed by atoms with E-state index in [4.69, 9.17) is 0 Å². The van der Waals surface area contributed by atoms with Crippen LogP contribution in [0.25, 0.3) is 0 Å². The van der Waals surface area contributed by atoms with Gasteiger partial charge in [-0.2, -0.15) is 0 Å². The molecule has 1 unspecified atom stereocenters. The molecule has 24 heavy (non-hydrogen) atoms. The van der Waals surface area contributed by atoms with E-state index in [1.54, 1.807) is 4.90 Å². The van der Waals surface area contributed by atoms with Crippen LogP contribution in [0.3, 0.4) is 0 Å². The van der Waals surface area contributed by atoms with Crippen molar-refractivity contribution < 1.29 is 18.1 Å². The van der Waals surface area contributed by atoms with Gasteiger partial charge in [0.2, 0.25) is 5.91 Å². The number of sulfone groups is 1. The van der Waals surface area contributed by atoms with Crippen molar-refractivity contribution >= 4 is 37.8 Å². The molecule has 1 aromatic heterocycles. The number of amides is 1. The first kappa shape index (κ1) is 18.7. The molecule has 0 aliphatic carbocycles. The van der Waals surface area contributed by atoms with Crippen LogP contribution < -0.4 is 10.2 Å². The second kappa shape index (κ2) is 7.47. The summed E-state index contributed by atoms with van der Waals surface area (Å²) in [5.74, 6) is -0.0261. The molecule has 134 valence electrons. The van der Waals surface area contributed by atoms with E-state index < -0.39 is 14.8 Å². The third-order valence-electron chi connectivity index (χ3n) is 3.78. The minimum atomic E-state index is -3.50. The molecule has 1 aliphatic heterocycles. The summed E-state index contributed by atoms with van der Waals surface area (Å²) in [5.41, 5.74) is -0.194. The van der Waals surface area contributed by atoms with Crippen molar-refractivity contribution in [2.75, 3.05) is 24.2 Å². The van der Waals surface area contributed by atoms with Crippen LogP contribution in [-0.2, 0) is 14.6 Å². The molecule has 1 atom stereocenters. The molecule has 1 aliphatic rings. The number of carbonyl (C=O) groups is 1. The molecule has 0 spiro atoms. The standard InChI is InChI=1S/C14H21N3O5S2/c1-3-5-12(18)15-10-6-4-7-16(9-10)14-11(17(19)20)8-13(23-14)24(2,21)22/h8,10H,3-7,9H2,1-2H3,(H,15,18). The first-order valence-electron chi connectivity index (χ1n) is 7.75.